The van der Waals surface area contributed by atoms with Crippen molar-refractivity contribution in [3.8, 4) is 11.5 Å². The van der Waals surface area contributed by atoms with E-state index in [1.54, 1.807) is 0 Å². The molecule has 0 unspecified atom stereocenters. The van der Waals surface area contributed by atoms with E-state index in [0.29, 0.717) is 36.6 Å². The second-order valence-corrected chi connectivity index (χ2v) is 8.70. The molecule has 28 heavy (non-hydrogen) atoms. The number of piperidine rings is 1. The summed E-state index contributed by atoms with van der Waals surface area (Å²) in [5.74, 6) is 0.687. The van der Waals surface area contributed by atoms with Crippen molar-refractivity contribution in [1.29, 1.82) is 0 Å². The van der Waals surface area contributed by atoms with Gasteiger partial charge in [0.2, 0.25) is 15.8 Å². The van der Waals surface area contributed by atoms with Crippen LogP contribution < -0.4 is 4.74 Å². The molecule has 1 aliphatic rings. The Morgan fingerprint density at radius 2 is 1.79 bits per heavy atom. The number of aldehydes is 1. The van der Waals surface area contributed by atoms with Crippen LogP contribution in [0.25, 0.3) is 0 Å². The van der Waals surface area contributed by atoms with E-state index in [0.717, 1.165) is 18.9 Å². The van der Waals surface area contributed by atoms with Gasteiger partial charge in [0.05, 0.1) is 9.82 Å². The summed E-state index contributed by atoms with van der Waals surface area (Å²) in [6, 6.07) is 9.68. The molecule has 1 fully saturated rings. The van der Waals surface area contributed by atoms with Gasteiger partial charge in [0.15, 0.2) is 0 Å². The maximum Gasteiger partial charge on any atom is 0.312 e. The zero-order chi connectivity index (χ0) is 20.3. The molecule has 0 atom stereocenters. The van der Waals surface area contributed by atoms with E-state index in [2.05, 4.69) is 6.92 Å². The number of nitro benzene ring substituents is 1. The van der Waals surface area contributed by atoms with Crippen molar-refractivity contribution in [2.45, 2.75) is 24.7 Å². The normalized spacial score (nSPS) is 15.9. The number of rotatable bonds is 6. The predicted octanol–water partition coefficient (Wildman–Crippen LogP) is 3.62. The van der Waals surface area contributed by atoms with E-state index in [4.69, 9.17) is 4.74 Å². The molecule has 0 aromatic heterocycles. The van der Waals surface area contributed by atoms with Crippen molar-refractivity contribution in [2.24, 2.45) is 5.92 Å². The molecule has 1 aliphatic heterocycles. The van der Waals surface area contributed by atoms with Gasteiger partial charge in [-0.3, -0.25) is 14.9 Å². The summed E-state index contributed by atoms with van der Waals surface area (Å²) in [7, 11) is -3.81. The van der Waals surface area contributed by atoms with Crippen molar-refractivity contribution in [2.75, 3.05) is 13.1 Å². The van der Waals surface area contributed by atoms with Crippen LogP contribution in [0, 0.1) is 16.0 Å². The maximum atomic E-state index is 12.8. The second-order valence-electron chi connectivity index (χ2n) is 6.76. The summed E-state index contributed by atoms with van der Waals surface area (Å²) < 4.78 is 32.6. The number of sulfonamides is 1. The van der Waals surface area contributed by atoms with Crippen LogP contribution in [-0.2, 0) is 10.0 Å². The summed E-state index contributed by atoms with van der Waals surface area (Å²) in [6.07, 6.45) is 2.20. The highest BCUT2D eigenvalue weighted by atomic mass is 32.2. The van der Waals surface area contributed by atoms with Crippen molar-refractivity contribution >= 4 is 22.0 Å². The molecule has 1 saturated heterocycles. The van der Waals surface area contributed by atoms with Gasteiger partial charge < -0.3 is 4.74 Å². The lowest BCUT2D eigenvalue weighted by Crippen LogP contribution is -2.37. The fraction of sp³-hybridized carbons (Fsp3) is 0.316. The first-order valence-corrected chi connectivity index (χ1v) is 10.3. The Morgan fingerprint density at radius 3 is 2.36 bits per heavy atom. The van der Waals surface area contributed by atoms with Crippen molar-refractivity contribution < 1.29 is 22.9 Å². The Bertz CT molecular complexity index is 980. The summed E-state index contributed by atoms with van der Waals surface area (Å²) in [5.41, 5.74) is 0.00468. The number of nitrogens with zero attached hydrogens (tertiary/aromatic N) is 2. The van der Waals surface area contributed by atoms with E-state index in [9.17, 15) is 23.3 Å². The zero-order valence-corrected chi connectivity index (χ0v) is 16.1. The van der Waals surface area contributed by atoms with Crippen LogP contribution in [0.2, 0.25) is 0 Å². The van der Waals surface area contributed by atoms with Crippen molar-refractivity contribution in [3.05, 3.63) is 58.1 Å². The Hall–Kier alpha value is -2.78. The van der Waals surface area contributed by atoms with Gasteiger partial charge >= 0.3 is 5.69 Å². The minimum atomic E-state index is -3.81. The number of hydrogen-bond donors (Lipinski definition) is 0. The lowest BCUT2D eigenvalue weighted by atomic mass is 10.0. The van der Waals surface area contributed by atoms with Crippen LogP contribution in [0.1, 0.15) is 30.1 Å². The average Bonchev–Trinajstić information content (AvgIpc) is 2.69. The summed E-state index contributed by atoms with van der Waals surface area (Å²) in [6.45, 7) is 2.87. The molecule has 0 bridgehead atoms. The highest BCUT2D eigenvalue weighted by molar-refractivity contribution is 7.89. The van der Waals surface area contributed by atoms with Gasteiger partial charge in [-0.15, -0.1) is 0 Å². The molecular weight excluding hydrogens is 384 g/mol. The SMILES string of the molecule is CC1CCN(S(=O)(=O)c2ccc(Oc3ccc(C=O)cc3)c([N+](=O)[O-])c2)CC1. The first kappa shape index (κ1) is 20.0. The third kappa shape index (κ3) is 4.20. The lowest BCUT2D eigenvalue weighted by Gasteiger charge is -2.29. The molecule has 1 heterocycles. The van der Waals surface area contributed by atoms with E-state index < -0.39 is 20.6 Å². The van der Waals surface area contributed by atoms with E-state index >= 15 is 0 Å². The second kappa shape index (κ2) is 8.07. The molecule has 2 aromatic carbocycles. The standard InChI is InChI=1S/C19H20N2O6S/c1-14-8-10-20(11-9-14)28(25,26)17-6-7-19(18(12-17)21(23)24)27-16-4-2-15(13-22)3-5-16/h2-7,12-14H,8-11H2,1H3. The van der Waals surface area contributed by atoms with Gasteiger partial charge in [0.1, 0.15) is 12.0 Å². The number of hydrogen-bond acceptors (Lipinski definition) is 6. The number of carbonyl (C=O) groups excluding carboxylic acids is 1. The van der Waals surface area contributed by atoms with Gasteiger partial charge in [0, 0.05) is 24.7 Å². The van der Waals surface area contributed by atoms with Gasteiger partial charge in [-0.2, -0.15) is 4.31 Å². The number of carbonyl (C=O) groups is 1. The Labute approximate surface area is 162 Å². The maximum absolute atomic E-state index is 12.8. The van der Waals surface area contributed by atoms with E-state index in [-0.39, 0.29) is 10.6 Å². The largest absolute Gasteiger partial charge is 0.450 e. The summed E-state index contributed by atoms with van der Waals surface area (Å²) in [5, 5.41) is 11.5. The molecule has 9 heteroatoms. The molecule has 8 nitrogen and oxygen atoms in total. The fourth-order valence-electron chi connectivity index (χ4n) is 3.00. The van der Waals surface area contributed by atoms with Gasteiger partial charge in [-0.05, 0) is 55.2 Å². The molecule has 2 aromatic rings. The third-order valence-electron chi connectivity index (χ3n) is 4.75. The minimum absolute atomic E-state index is 0.0740. The monoisotopic (exact) mass is 404 g/mol. The van der Waals surface area contributed by atoms with Crippen molar-refractivity contribution in [3.63, 3.8) is 0 Å². The molecule has 0 aliphatic carbocycles. The van der Waals surface area contributed by atoms with Crippen molar-refractivity contribution in [1.82, 2.24) is 4.31 Å². The molecule has 3 rings (SSSR count). The molecule has 0 amide bonds. The van der Waals surface area contributed by atoms with Crippen LogP contribution in [0.4, 0.5) is 5.69 Å². The quantitative estimate of drug-likeness (QED) is 0.413. The first-order chi connectivity index (χ1) is 13.3. The van der Waals surface area contributed by atoms with Crippen LogP contribution >= 0.6 is 0 Å². The highest BCUT2D eigenvalue weighted by Gasteiger charge is 2.30. The predicted molar refractivity (Wildman–Crippen MR) is 102 cm³/mol. The minimum Gasteiger partial charge on any atom is -0.450 e. The number of benzene rings is 2. The van der Waals surface area contributed by atoms with Gasteiger partial charge in [0.25, 0.3) is 0 Å². The summed E-state index contributed by atoms with van der Waals surface area (Å²) in [4.78, 5) is 21.4. The highest BCUT2D eigenvalue weighted by Crippen LogP contribution is 2.34. The molecule has 0 saturated carbocycles. The Morgan fingerprint density at radius 1 is 1.14 bits per heavy atom. The van der Waals surface area contributed by atoms with Gasteiger partial charge in [-0.25, -0.2) is 8.42 Å². The van der Waals surface area contributed by atoms with Crippen LogP contribution in [0.15, 0.2) is 47.4 Å². The van der Waals surface area contributed by atoms with Crippen LogP contribution in [-0.4, -0.2) is 37.0 Å². The van der Waals surface area contributed by atoms with E-state index in [1.807, 2.05) is 0 Å². The van der Waals surface area contributed by atoms with Crippen LogP contribution in [0.3, 0.4) is 0 Å². The smallest absolute Gasteiger partial charge is 0.312 e. The third-order valence-corrected chi connectivity index (χ3v) is 6.65. The fourth-order valence-corrected chi connectivity index (χ4v) is 4.49. The average molecular weight is 404 g/mol. The molecule has 0 radical (unpaired) electrons. The zero-order valence-electron chi connectivity index (χ0n) is 15.3. The molecule has 148 valence electrons. The van der Waals surface area contributed by atoms with Gasteiger partial charge in [-0.1, -0.05) is 6.92 Å². The topological polar surface area (TPSA) is 107 Å². The summed E-state index contributed by atoms with van der Waals surface area (Å²) >= 11 is 0. The number of nitro groups is 1. The first-order valence-electron chi connectivity index (χ1n) is 8.83. The Kier molecular flexibility index (Phi) is 5.76. The van der Waals surface area contributed by atoms with Crippen LogP contribution in [0.5, 0.6) is 11.5 Å². The molecular formula is C19H20N2O6S. The molecule has 0 spiro atoms. The van der Waals surface area contributed by atoms with E-state index in [1.165, 1.54) is 40.7 Å². The lowest BCUT2D eigenvalue weighted by molar-refractivity contribution is -0.385. The molecule has 0 N–H and O–H groups in total. The Balaban J connectivity index is 1.90. The number of ether oxygens (including phenoxy) is 1.